The molecule has 4 nitrogen and oxygen atoms in total. The standard InChI is InChI=1S/C11H9NO3/c13-10-8-2-1-6(3-7-5-15-7)4-9(8)11(14)12-10/h1-2,4,7H,3,5H2,(H,12,13,14)/t7-/m0/s1. The maximum Gasteiger partial charge on any atom is 0.258 e. The van der Waals surface area contributed by atoms with Gasteiger partial charge in [0, 0.05) is 6.42 Å². The number of benzene rings is 1. The van der Waals surface area contributed by atoms with Crippen LogP contribution in [0.5, 0.6) is 0 Å². The Morgan fingerprint density at radius 1 is 1.27 bits per heavy atom. The Balaban J connectivity index is 1.97. The van der Waals surface area contributed by atoms with Crippen LogP contribution in [0.2, 0.25) is 0 Å². The third kappa shape index (κ3) is 1.43. The van der Waals surface area contributed by atoms with Crippen molar-refractivity contribution in [1.82, 2.24) is 5.32 Å². The topological polar surface area (TPSA) is 58.7 Å². The van der Waals surface area contributed by atoms with E-state index in [4.69, 9.17) is 4.74 Å². The molecule has 2 heterocycles. The van der Waals surface area contributed by atoms with Crippen LogP contribution >= 0.6 is 0 Å². The summed E-state index contributed by atoms with van der Waals surface area (Å²) < 4.78 is 5.11. The van der Waals surface area contributed by atoms with Gasteiger partial charge >= 0.3 is 0 Å². The highest BCUT2D eigenvalue weighted by atomic mass is 16.6. The number of rotatable bonds is 2. The summed E-state index contributed by atoms with van der Waals surface area (Å²) in [5.74, 6) is -0.599. The number of nitrogens with one attached hydrogen (secondary N) is 1. The minimum Gasteiger partial charge on any atom is -0.373 e. The van der Waals surface area contributed by atoms with Crippen LogP contribution in [0.15, 0.2) is 18.2 Å². The Labute approximate surface area is 86.2 Å². The number of carbonyl (C=O) groups excluding carboxylic acids is 2. The second-order valence-corrected chi connectivity index (χ2v) is 3.82. The summed E-state index contributed by atoms with van der Waals surface area (Å²) in [5, 5.41) is 2.27. The summed E-state index contributed by atoms with van der Waals surface area (Å²) in [7, 11) is 0. The number of carbonyl (C=O) groups is 2. The van der Waals surface area contributed by atoms with Crippen LogP contribution in [0.1, 0.15) is 26.3 Å². The molecule has 1 aromatic rings. The van der Waals surface area contributed by atoms with Gasteiger partial charge < -0.3 is 4.74 Å². The summed E-state index contributed by atoms with van der Waals surface area (Å²) in [4.78, 5) is 22.6. The van der Waals surface area contributed by atoms with Gasteiger partial charge in [0.15, 0.2) is 0 Å². The summed E-state index contributed by atoms with van der Waals surface area (Å²) in [6, 6.07) is 5.35. The SMILES string of the molecule is O=C1NC(=O)c2cc(C[C@H]3CO3)ccc21. The van der Waals surface area contributed by atoms with Crippen molar-refractivity contribution in [1.29, 1.82) is 0 Å². The predicted molar refractivity (Wildman–Crippen MR) is 51.7 cm³/mol. The van der Waals surface area contributed by atoms with Crippen LogP contribution in [-0.4, -0.2) is 24.5 Å². The molecule has 76 valence electrons. The van der Waals surface area contributed by atoms with Gasteiger partial charge in [-0.2, -0.15) is 0 Å². The summed E-state index contributed by atoms with van der Waals surface area (Å²) in [6.07, 6.45) is 1.11. The van der Waals surface area contributed by atoms with Crippen molar-refractivity contribution in [3.8, 4) is 0 Å². The zero-order chi connectivity index (χ0) is 10.4. The van der Waals surface area contributed by atoms with Crippen LogP contribution in [0.25, 0.3) is 0 Å². The van der Waals surface area contributed by atoms with Crippen molar-refractivity contribution in [3.63, 3.8) is 0 Å². The average Bonchev–Trinajstić information content (AvgIpc) is 2.96. The van der Waals surface area contributed by atoms with Crippen molar-refractivity contribution < 1.29 is 14.3 Å². The summed E-state index contributed by atoms with van der Waals surface area (Å²) in [5.41, 5.74) is 2.00. The van der Waals surface area contributed by atoms with E-state index in [-0.39, 0.29) is 11.8 Å². The lowest BCUT2D eigenvalue weighted by Crippen LogP contribution is -2.19. The van der Waals surface area contributed by atoms with Crippen LogP contribution in [0.3, 0.4) is 0 Å². The number of imide groups is 1. The fourth-order valence-electron chi connectivity index (χ4n) is 1.79. The molecule has 0 bridgehead atoms. The average molecular weight is 203 g/mol. The van der Waals surface area contributed by atoms with Crippen molar-refractivity contribution in [2.45, 2.75) is 12.5 Å². The Morgan fingerprint density at radius 2 is 2.00 bits per heavy atom. The van der Waals surface area contributed by atoms with Crippen LogP contribution < -0.4 is 5.32 Å². The number of hydrogen-bond donors (Lipinski definition) is 1. The minimum absolute atomic E-state index is 0.295. The first-order valence-electron chi connectivity index (χ1n) is 4.84. The Kier molecular flexibility index (Phi) is 1.67. The highest BCUT2D eigenvalue weighted by Crippen LogP contribution is 2.21. The maximum absolute atomic E-state index is 11.4. The van der Waals surface area contributed by atoms with Crippen molar-refractivity contribution in [2.24, 2.45) is 0 Å². The van der Waals surface area contributed by atoms with E-state index in [1.165, 1.54) is 0 Å². The quantitative estimate of drug-likeness (QED) is 0.562. The van der Waals surface area contributed by atoms with E-state index in [0.717, 1.165) is 18.6 Å². The van der Waals surface area contributed by atoms with Crippen molar-refractivity contribution in [2.75, 3.05) is 6.61 Å². The molecule has 2 amide bonds. The largest absolute Gasteiger partial charge is 0.373 e. The molecular weight excluding hydrogens is 194 g/mol. The van der Waals surface area contributed by atoms with Crippen LogP contribution in [-0.2, 0) is 11.2 Å². The van der Waals surface area contributed by atoms with Gasteiger partial charge in [0.25, 0.3) is 11.8 Å². The molecule has 1 saturated heterocycles. The Bertz CT molecular complexity index is 463. The maximum atomic E-state index is 11.4. The highest BCUT2D eigenvalue weighted by Gasteiger charge is 2.28. The molecule has 15 heavy (non-hydrogen) atoms. The van der Waals surface area contributed by atoms with Crippen LogP contribution in [0, 0.1) is 0 Å². The lowest BCUT2D eigenvalue weighted by molar-refractivity contribution is 0.0879. The smallest absolute Gasteiger partial charge is 0.258 e. The molecule has 0 unspecified atom stereocenters. The molecule has 3 rings (SSSR count). The van der Waals surface area contributed by atoms with Crippen LogP contribution in [0.4, 0.5) is 0 Å². The molecular formula is C11H9NO3. The lowest BCUT2D eigenvalue weighted by atomic mass is 10.0. The summed E-state index contributed by atoms with van der Waals surface area (Å²) >= 11 is 0. The first-order chi connectivity index (χ1) is 7.24. The number of fused-ring (bicyclic) bond motifs is 1. The number of epoxide rings is 1. The molecule has 4 heteroatoms. The highest BCUT2D eigenvalue weighted by molar-refractivity contribution is 6.21. The molecule has 2 aliphatic heterocycles. The van der Waals surface area contributed by atoms with E-state index in [1.807, 2.05) is 6.07 Å². The molecule has 1 aromatic carbocycles. The second-order valence-electron chi connectivity index (χ2n) is 3.82. The van der Waals surface area contributed by atoms with E-state index in [1.54, 1.807) is 12.1 Å². The van der Waals surface area contributed by atoms with E-state index >= 15 is 0 Å². The monoisotopic (exact) mass is 203 g/mol. The van der Waals surface area contributed by atoms with Gasteiger partial charge in [-0.05, 0) is 17.7 Å². The lowest BCUT2D eigenvalue weighted by Gasteiger charge is -1.99. The zero-order valence-corrected chi connectivity index (χ0v) is 7.95. The van der Waals surface area contributed by atoms with Gasteiger partial charge in [-0.1, -0.05) is 6.07 Å². The normalized spacial score (nSPS) is 22.5. The molecule has 0 aliphatic carbocycles. The molecule has 1 atom stereocenters. The number of hydrogen-bond acceptors (Lipinski definition) is 3. The molecule has 0 aromatic heterocycles. The molecule has 0 radical (unpaired) electrons. The predicted octanol–water partition coefficient (Wildman–Crippen LogP) is 0.512. The molecule has 0 saturated carbocycles. The van der Waals surface area contributed by atoms with Gasteiger partial charge in [0.2, 0.25) is 0 Å². The summed E-state index contributed by atoms with van der Waals surface area (Å²) in [6.45, 7) is 0.794. The fourth-order valence-corrected chi connectivity index (χ4v) is 1.79. The number of ether oxygens (including phenoxy) is 1. The van der Waals surface area contributed by atoms with E-state index in [0.29, 0.717) is 17.2 Å². The van der Waals surface area contributed by atoms with Gasteiger partial charge in [-0.25, -0.2) is 0 Å². The van der Waals surface area contributed by atoms with Gasteiger partial charge in [-0.3, -0.25) is 14.9 Å². The molecule has 1 fully saturated rings. The number of amides is 2. The van der Waals surface area contributed by atoms with Crippen molar-refractivity contribution in [3.05, 3.63) is 34.9 Å². The fraction of sp³-hybridized carbons (Fsp3) is 0.273. The van der Waals surface area contributed by atoms with Crippen molar-refractivity contribution >= 4 is 11.8 Å². The van der Waals surface area contributed by atoms with Gasteiger partial charge in [-0.15, -0.1) is 0 Å². The first kappa shape index (κ1) is 8.61. The second kappa shape index (κ2) is 2.90. The molecule has 1 N–H and O–H groups in total. The third-order valence-electron chi connectivity index (χ3n) is 2.67. The zero-order valence-electron chi connectivity index (χ0n) is 7.95. The van der Waals surface area contributed by atoms with Gasteiger partial charge in [0.1, 0.15) is 0 Å². The van der Waals surface area contributed by atoms with E-state index < -0.39 is 0 Å². The minimum atomic E-state index is -0.302. The van der Waals surface area contributed by atoms with E-state index in [9.17, 15) is 9.59 Å². The third-order valence-corrected chi connectivity index (χ3v) is 2.67. The molecule has 0 spiro atoms. The molecule has 2 aliphatic rings. The Hall–Kier alpha value is -1.68. The van der Waals surface area contributed by atoms with E-state index in [2.05, 4.69) is 5.32 Å². The van der Waals surface area contributed by atoms with Gasteiger partial charge in [0.05, 0.1) is 23.8 Å². The first-order valence-corrected chi connectivity index (χ1v) is 4.84. The Morgan fingerprint density at radius 3 is 2.73 bits per heavy atom.